The molecule has 0 amide bonds. The third-order valence-corrected chi connectivity index (χ3v) is 4.10. The molecule has 0 radical (unpaired) electrons. The highest BCUT2D eigenvalue weighted by Crippen LogP contribution is 2.48. The summed E-state index contributed by atoms with van der Waals surface area (Å²) in [7, 11) is 0. The molecule has 1 saturated heterocycles. The number of nitrogens with one attached hydrogen (secondary N) is 1. The molecule has 2 aromatic rings. The molecule has 3 heterocycles. The van der Waals surface area contributed by atoms with Gasteiger partial charge in [0.1, 0.15) is 17.4 Å². The molecular weight excluding hydrogens is 224 g/mol. The highest BCUT2D eigenvalue weighted by Gasteiger charge is 2.50. The van der Waals surface area contributed by atoms with Crippen molar-refractivity contribution in [1.82, 2.24) is 9.88 Å². The summed E-state index contributed by atoms with van der Waals surface area (Å²) in [4.78, 5) is 0. The van der Waals surface area contributed by atoms with Crippen molar-refractivity contribution < 1.29 is 4.74 Å². The average Bonchev–Trinajstić information content (AvgIpc) is 3.09. The van der Waals surface area contributed by atoms with E-state index in [0.29, 0.717) is 6.04 Å². The number of benzene rings is 1. The van der Waals surface area contributed by atoms with Crippen molar-refractivity contribution >= 4 is 0 Å². The quantitative estimate of drug-likeness (QED) is 0.827. The molecule has 92 valence electrons. The lowest BCUT2D eigenvalue weighted by Crippen LogP contribution is -2.42. The lowest BCUT2D eigenvalue weighted by atomic mass is 9.90. The van der Waals surface area contributed by atoms with E-state index in [9.17, 15) is 0 Å². The molecule has 2 atom stereocenters. The summed E-state index contributed by atoms with van der Waals surface area (Å²) >= 11 is 0. The lowest BCUT2D eigenvalue weighted by Gasteiger charge is -2.30. The molecule has 18 heavy (non-hydrogen) atoms. The second kappa shape index (κ2) is 3.62. The van der Waals surface area contributed by atoms with Crippen LogP contribution < -0.4 is 10.1 Å². The molecule has 1 N–H and O–H groups in total. The largest absolute Gasteiger partial charge is 0.483 e. The Kier molecular flexibility index (Phi) is 2.06. The fraction of sp³-hybridized carbons (Fsp3) is 0.333. The monoisotopic (exact) mass is 240 g/mol. The predicted molar refractivity (Wildman–Crippen MR) is 69.9 cm³/mol. The van der Waals surface area contributed by atoms with Gasteiger partial charge < -0.3 is 14.6 Å². The summed E-state index contributed by atoms with van der Waals surface area (Å²) in [5, 5.41) is 3.44. The molecule has 0 saturated carbocycles. The van der Waals surface area contributed by atoms with Crippen molar-refractivity contribution in [3.63, 3.8) is 0 Å². The molecule has 0 unspecified atom stereocenters. The van der Waals surface area contributed by atoms with E-state index in [1.54, 1.807) is 0 Å². The van der Waals surface area contributed by atoms with Gasteiger partial charge in [-0.2, -0.15) is 0 Å². The second-order valence-corrected chi connectivity index (χ2v) is 5.16. The molecule has 1 spiro atoms. The summed E-state index contributed by atoms with van der Waals surface area (Å²) in [5.74, 6) is 1.04. The number of nitrogens with zero attached hydrogens (tertiary/aromatic N) is 1. The average molecular weight is 240 g/mol. The SMILES string of the molecule is c1ccc2c(c1)O[C@@]1(CCNC1)[C@@H]2n1cccc1. The van der Waals surface area contributed by atoms with Crippen LogP contribution in [0, 0.1) is 0 Å². The zero-order chi connectivity index (χ0) is 12.0. The number of hydrogen-bond donors (Lipinski definition) is 1. The Labute approximate surface area is 106 Å². The van der Waals surface area contributed by atoms with Crippen LogP contribution in [0.15, 0.2) is 48.8 Å². The lowest BCUT2D eigenvalue weighted by molar-refractivity contribution is 0.0796. The van der Waals surface area contributed by atoms with Gasteiger partial charge in [-0.15, -0.1) is 0 Å². The number of rotatable bonds is 1. The molecule has 3 heteroatoms. The Morgan fingerprint density at radius 2 is 2.00 bits per heavy atom. The third-order valence-electron chi connectivity index (χ3n) is 4.10. The van der Waals surface area contributed by atoms with E-state index in [-0.39, 0.29) is 5.60 Å². The first-order valence-corrected chi connectivity index (χ1v) is 6.50. The van der Waals surface area contributed by atoms with Crippen molar-refractivity contribution in [1.29, 1.82) is 0 Å². The maximum atomic E-state index is 6.31. The first-order valence-electron chi connectivity index (χ1n) is 6.50. The molecule has 0 bridgehead atoms. The molecule has 2 aliphatic rings. The molecular formula is C15H16N2O. The smallest absolute Gasteiger partial charge is 0.147 e. The van der Waals surface area contributed by atoms with Crippen LogP contribution in [0.2, 0.25) is 0 Å². The summed E-state index contributed by atoms with van der Waals surface area (Å²) in [6.45, 7) is 1.95. The molecule has 1 fully saturated rings. The standard InChI is InChI=1S/C15H16N2O/c1-2-6-13-12(5-1)14(17-9-3-4-10-17)15(18-13)7-8-16-11-15/h1-6,9-10,14,16H,7-8,11H2/t14-,15-/m1/s1. The fourth-order valence-corrected chi connectivity index (χ4v) is 3.32. The topological polar surface area (TPSA) is 26.2 Å². The van der Waals surface area contributed by atoms with Gasteiger partial charge in [0.05, 0.1) is 0 Å². The van der Waals surface area contributed by atoms with Crippen LogP contribution in [0.5, 0.6) is 5.75 Å². The summed E-state index contributed by atoms with van der Waals surface area (Å²) in [6, 6.07) is 12.9. The molecule has 4 rings (SSSR count). The second-order valence-electron chi connectivity index (χ2n) is 5.16. The first-order chi connectivity index (χ1) is 8.89. The Morgan fingerprint density at radius 3 is 2.78 bits per heavy atom. The van der Waals surface area contributed by atoms with Gasteiger partial charge >= 0.3 is 0 Å². The molecule has 2 aliphatic heterocycles. The highest BCUT2D eigenvalue weighted by molar-refractivity contribution is 5.44. The van der Waals surface area contributed by atoms with Crippen molar-refractivity contribution in [3.05, 3.63) is 54.4 Å². The molecule has 1 aromatic carbocycles. The van der Waals surface area contributed by atoms with E-state index in [4.69, 9.17) is 4.74 Å². The minimum atomic E-state index is -0.108. The fourth-order valence-electron chi connectivity index (χ4n) is 3.32. The van der Waals surface area contributed by atoms with Gasteiger partial charge in [0, 0.05) is 30.9 Å². The van der Waals surface area contributed by atoms with E-state index in [1.165, 1.54) is 5.56 Å². The molecule has 3 nitrogen and oxygen atoms in total. The minimum Gasteiger partial charge on any atom is -0.483 e. The maximum absolute atomic E-state index is 6.31. The van der Waals surface area contributed by atoms with Crippen LogP contribution in [0.3, 0.4) is 0 Å². The number of hydrogen-bond acceptors (Lipinski definition) is 2. The number of ether oxygens (including phenoxy) is 1. The molecule has 0 aliphatic carbocycles. The van der Waals surface area contributed by atoms with Gasteiger partial charge in [-0.05, 0) is 24.7 Å². The van der Waals surface area contributed by atoms with Crippen LogP contribution in [0.1, 0.15) is 18.0 Å². The zero-order valence-electron chi connectivity index (χ0n) is 10.2. The Bertz CT molecular complexity index is 556. The van der Waals surface area contributed by atoms with Crippen LogP contribution >= 0.6 is 0 Å². The van der Waals surface area contributed by atoms with E-state index >= 15 is 0 Å². The first kappa shape index (κ1) is 10.2. The zero-order valence-corrected chi connectivity index (χ0v) is 10.2. The van der Waals surface area contributed by atoms with Crippen molar-refractivity contribution in [2.24, 2.45) is 0 Å². The summed E-state index contributed by atoms with van der Waals surface area (Å²) < 4.78 is 8.59. The predicted octanol–water partition coefficient (Wildman–Crippen LogP) is 2.20. The van der Waals surface area contributed by atoms with Crippen molar-refractivity contribution in [2.45, 2.75) is 18.1 Å². The van der Waals surface area contributed by atoms with Crippen LogP contribution in [0.4, 0.5) is 0 Å². The van der Waals surface area contributed by atoms with Crippen LogP contribution in [0.25, 0.3) is 0 Å². The van der Waals surface area contributed by atoms with E-state index < -0.39 is 0 Å². The number of aromatic nitrogens is 1. The third kappa shape index (κ3) is 1.28. The van der Waals surface area contributed by atoms with Crippen LogP contribution in [-0.4, -0.2) is 23.3 Å². The van der Waals surface area contributed by atoms with Crippen molar-refractivity contribution in [3.8, 4) is 5.75 Å². The summed E-state index contributed by atoms with van der Waals surface area (Å²) in [6.07, 6.45) is 5.33. The summed E-state index contributed by atoms with van der Waals surface area (Å²) in [5.41, 5.74) is 1.19. The highest BCUT2D eigenvalue weighted by atomic mass is 16.5. The normalized spacial score (nSPS) is 29.4. The number of para-hydroxylation sites is 1. The minimum absolute atomic E-state index is 0.108. The maximum Gasteiger partial charge on any atom is 0.147 e. The Morgan fingerprint density at radius 1 is 1.17 bits per heavy atom. The van der Waals surface area contributed by atoms with Gasteiger partial charge in [0.2, 0.25) is 0 Å². The van der Waals surface area contributed by atoms with Gasteiger partial charge in [-0.1, -0.05) is 18.2 Å². The van der Waals surface area contributed by atoms with E-state index in [2.05, 4.69) is 52.6 Å². The molecule has 1 aromatic heterocycles. The van der Waals surface area contributed by atoms with Gasteiger partial charge in [-0.25, -0.2) is 0 Å². The number of fused-ring (bicyclic) bond motifs is 1. The Hall–Kier alpha value is -1.74. The van der Waals surface area contributed by atoms with Gasteiger partial charge in [0.25, 0.3) is 0 Å². The van der Waals surface area contributed by atoms with Crippen molar-refractivity contribution in [2.75, 3.05) is 13.1 Å². The van der Waals surface area contributed by atoms with E-state index in [0.717, 1.165) is 25.3 Å². The van der Waals surface area contributed by atoms with E-state index in [1.807, 2.05) is 6.07 Å². The van der Waals surface area contributed by atoms with Gasteiger partial charge in [0.15, 0.2) is 0 Å². The Balaban J connectivity index is 1.88. The van der Waals surface area contributed by atoms with Crippen LogP contribution in [-0.2, 0) is 0 Å². The van der Waals surface area contributed by atoms with Gasteiger partial charge in [-0.3, -0.25) is 0 Å².